The number of thiophene rings is 1. The molecule has 0 amide bonds. The Morgan fingerprint density at radius 3 is 2.40 bits per heavy atom. The van der Waals surface area contributed by atoms with E-state index in [2.05, 4.69) is 43.2 Å². The van der Waals surface area contributed by atoms with Gasteiger partial charge in [-0.05, 0) is 78.8 Å². The number of nitrogens with zero attached hydrogens (tertiary/aromatic N) is 2. The molecule has 0 unspecified atom stereocenters. The van der Waals surface area contributed by atoms with E-state index in [1.54, 1.807) is 17.4 Å². The minimum Gasteiger partial charge on any atom is -0.505 e. The molecule has 0 saturated heterocycles. The number of carboxylic acid groups (broad SMARTS) is 1. The number of rotatable bonds is 6. The van der Waals surface area contributed by atoms with E-state index >= 15 is 0 Å². The van der Waals surface area contributed by atoms with Crippen molar-refractivity contribution in [3.8, 4) is 5.75 Å². The molecule has 0 saturated carbocycles. The van der Waals surface area contributed by atoms with Gasteiger partial charge in [-0.3, -0.25) is 0 Å². The molecular formula is C29H34N2O3S. The third-order valence-corrected chi connectivity index (χ3v) is 8.02. The Kier molecular flexibility index (Phi) is 8.04. The number of hydrogen-bond donors (Lipinski definition) is 2. The minimum atomic E-state index is -1.11. The second kappa shape index (κ2) is 11.2. The molecule has 0 radical (unpaired) electrons. The number of carboxylic acids is 1. The molecule has 0 atom stereocenters. The van der Waals surface area contributed by atoms with Crippen LogP contribution in [0.3, 0.4) is 0 Å². The number of aryl methyl sites for hydroxylation is 2. The van der Waals surface area contributed by atoms with Gasteiger partial charge in [0, 0.05) is 16.5 Å². The lowest BCUT2D eigenvalue weighted by atomic mass is 9.88. The van der Waals surface area contributed by atoms with E-state index < -0.39 is 5.97 Å². The van der Waals surface area contributed by atoms with E-state index in [9.17, 15) is 15.0 Å². The standard InChI is InChI=1S/C23H19NO3S.C6H15N/c25-22-18(11-14-12-28-19-8-4-3-6-15(14)19)24-21-16-7-2-1-5-13(16)9-10-17(21)20(22)23(26)27;1-4-7(5-2)6-3/h3-4,6,8-10,12,25H,1-2,5,7,11H2,(H,26,27);4-6H2,1-3H3. The zero-order chi connectivity index (χ0) is 24.9. The van der Waals surface area contributed by atoms with Crippen LogP contribution in [0, 0.1) is 0 Å². The van der Waals surface area contributed by atoms with Crippen molar-refractivity contribution in [1.29, 1.82) is 0 Å². The van der Waals surface area contributed by atoms with Gasteiger partial charge in [0.1, 0.15) is 5.56 Å². The van der Waals surface area contributed by atoms with Crippen molar-refractivity contribution in [3.05, 3.63) is 69.7 Å². The molecule has 1 aliphatic rings. The third-order valence-electron chi connectivity index (χ3n) is 7.00. The molecular weight excluding hydrogens is 456 g/mol. The van der Waals surface area contributed by atoms with Gasteiger partial charge in [0.2, 0.25) is 0 Å². The fourth-order valence-electron chi connectivity index (χ4n) is 4.96. The van der Waals surface area contributed by atoms with E-state index in [1.165, 1.54) is 29.9 Å². The molecule has 35 heavy (non-hydrogen) atoms. The average Bonchev–Trinajstić information content (AvgIpc) is 3.28. The normalized spacial score (nSPS) is 13.0. The van der Waals surface area contributed by atoms with Crippen molar-refractivity contribution in [2.45, 2.75) is 52.9 Å². The van der Waals surface area contributed by atoms with Crippen LogP contribution < -0.4 is 0 Å². The van der Waals surface area contributed by atoms with Crippen LogP contribution in [0.1, 0.15) is 66.4 Å². The molecule has 4 aromatic rings. The quantitative estimate of drug-likeness (QED) is 0.316. The highest BCUT2D eigenvalue weighted by Crippen LogP contribution is 2.36. The van der Waals surface area contributed by atoms with Gasteiger partial charge >= 0.3 is 5.97 Å². The van der Waals surface area contributed by atoms with Gasteiger partial charge in [-0.25, -0.2) is 9.78 Å². The Morgan fingerprint density at radius 2 is 1.71 bits per heavy atom. The molecule has 2 aromatic heterocycles. The molecule has 184 valence electrons. The molecule has 0 spiro atoms. The maximum absolute atomic E-state index is 12.0. The van der Waals surface area contributed by atoms with Crippen molar-refractivity contribution in [2.75, 3.05) is 19.6 Å². The summed E-state index contributed by atoms with van der Waals surface area (Å²) >= 11 is 1.65. The van der Waals surface area contributed by atoms with Gasteiger partial charge < -0.3 is 15.1 Å². The van der Waals surface area contributed by atoms with Crippen molar-refractivity contribution >= 4 is 38.3 Å². The Morgan fingerprint density at radius 1 is 1.00 bits per heavy atom. The molecule has 0 bridgehead atoms. The molecule has 1 aliphatic carbocycles. The van der Waals surface area contributed by atoms with E-state index in [0.717, 1.165) is 47.7 Å². The molecule has 0 aliphatic heterocycles. The monoisotopic (exact) mass is 490 g/mol. The predicted molar refractivity (Wildman–Crippen MR) is 145 cm³/mol. The van der Waals surface area contributed by atoms with E-state index in [4.69, 9.17) is 4.98 Å². The lowest BCUT2D eigenvalue weighted by Gasteiger charge is -2.19. The minimum absolute atomic E-state index is 0.0343. The van der Waals surface area contributed by atoms with E-state index in [-0.39, 0.29) is 11.3 Å². The van der Waals surface area contributed by atoms with Crippen LogP contribution in [0.5, 0.6) is 5.75 Å². The first-order chi connectivity index (χ1) is 17.0. The number of aromatic hydroxyl groups is 1. The molecule has 6 heteroatoms. The molecule has 0 fully saturated rings. The van der Waals surface area contributed by atoms with Crippen LogP contribution in [0.25, 0.3) is 21.0 Å². The highest BCUT2D eigenvalue weighted by atomic mass is 32.1. The number of aromatic carboxylic acids is 1. The summed E-state index contributed by atoms with van der Waals surface area (Å²) in [6, 6.07) is 11.9. The predicted octanol–water partition coefficient (Wildman–Crippen LogP) is 6.67. The van der Waals surface area contributed by atoms with Crippen LogP contribution in [0.2, 0.25) is 0 Å². The SMILES string of the molecule is CCN(CC)CC.O=C(O)c1c(O)c(Cc2csc3ccccc23)nc2c3c(ccc12)CCCC3. The lowest BCUT2D eigenvalue weighted by molar-refractivity contribution is 0.0695. The number of carbonyl (C=O) groups is 1. The first-order valence-corrected chi connectivity index (χ1v) is 13.4. The molecule has 2 N–H and O–H groups in total. The highest BCUT2D eigenvalue weighted by Gasteiger charge is 2.24. The maximum Gasteiger partial charge on any atom is 0.340 e. The van der Waals surface area contributed by atoms with Gasteiger partial charge in [-0.2, -0.15) is 0 Å². The summed E-state index contributed by atoms with van der Waals surface area (Å²) in [5, 5.41) is 24.3. The smallest absolute Gasteiger partial charge is 0.340 e. The molecule has 2 heterocycles. The lowest BCUT2D eigenvalue weighted by Crippen LogP contribution is -2.21. The molecule has 5 rings (SSSR count). The summed E-state index contributed by atoms with van der Waals surface area (Å²) in [5.41, 5.74) is 4.59. The van der Waals surface area contributed by atoms with Crippen molar-refractivity contribution in [3.63, 3.8) is 0 Å². The number of pyridine rings is 1. The summed E-state index contributed by atoms with van der Waals surface area (Å²) in [6.45, 7) is 10.1. The Bertz CT molecular complexity index is 1340. The number of fused-ring (bicyclic) bond motifs is 4. The maximum atomic E-state index is 12.0. The summed E-state index contributed by atoms with van der Waals surface area (Å²) in [7, 11) is 0. The highest BCUT2D eigenvalue weighted by molar-refractivity contribution is 7.17. The molecule has 2 aromatic carbocycles. The summed E-state index contributed by atoms with van der Waals surface area (Å²) < 4.78 is 1.17. The summed E-state index contributed by atoms with van der Waals surface area (Å²) in [5.74, 6) is -1.33. The second-order valence-corrected chi connectivity index (χ2v) is 9.86. The zero-order valence-corrected chi connectivity index (χ0v) is 21.6. The van der Waals surface area contributed by atoms with Crippen molar-refractivity contribution < 1.29 is 15.0 Å². The van der Waals surface area contributed by atoms with Crippen LogP contribution in [-0.4, -0.2) is 45.7 Å². The fraction of sp³-hybridized carbons (Fsp3) is 0.379. The summed E-state index contributed by atoms with van der Waals surface area (Å²) in [6.07, 6.45) is 4.55. The topological polar surface area (TPSA) is 73.7 Å². The Balaban J connectivity index is 0.000000364. The van der Waals surface area contributed by atoms with Crippen LogP contribution in [-0.2, 0) is 19.3 Å². The third kappa shape index (κ3) is 5.19. The van der Waals surface area contributed by atoms with Crippen LogP contribution >= 0.6 is 11.3 Å². The van der Waals surface area contributed by atoms with Crippen LogP contribution in [0.4, 0.5) is 0 Å². The van der Waals surface area contributed by atoms with Crippen molar-refractivity contribution in [2.24, 2.45) is 0 Å². The zero-order valence-electron chi connectivity index (χ0n) is 20.8. The van der Waals surface area contributed by atoms with Gasteiger partial charge in [-0.1, -0.05) is 51.1 Å². The van der Waals surface area contributed by atoms with Gasteiger partial charge in [0.05, 0.1) is 11.2 Å². The van der Waals surface area contributed by atoms with Crippen LogP contribution in [0.15, 0.2) is 41.8 Å². The first-order valence-electron chi connectivity index (χ1n) is 12.5. The van der Waals surface area contributed by atoms with Gasteiger partial charge in [0.25, 0.3) is 0 Å². The fourth-order valence-corrected chi connectivity index (χ4v) is 5.92. The molecule has 5 nitrogen and oxygen atoms in total. The van der Waals surface area contributed by atoms with Gasteiger partial charge in [-0.15, -0.1) is 11.3 Å². The number of benzene rings is 2. The van der Waals surface area contributed by atoms with Gasteiger partial charge in [0.15, 0.2) is 5.75 Å². The van der Waals surface area contributed by atoms with E-state index in [0.29, 0.717) is 17.5 Å². The number of hydrogen-bond acceptors (Lipinski definition) is 5. The second-order valence-electron chi connectivity index (χ2n) is 8.95. The Labute approximate surface area is 211 Å². The largest absolute Gasteiger partial charge is 0.505 e. The average molecular weight is 491 g/mol. The summed E-state index contributed by atoms with van der Waals surface area (Å²) in [4.78, 5) is 19.2. The Hall–Kier alpha value is -2.96. The van der Waals surface area contributed by atoms with E-state index in [1.807, 2.05) is 18.2 Å². The number of aromatic nitrogens is 1. The van der Waals surface area contributed by atoms with Crippen molar-refractivity contribution in [1.82, 2.24) is 9.88 Å². The first kappa shape index (κ1) is 25.1.